The van der Waals surface area contributed by atoms with Crippen LogP contribution in [0.3, 0.4) is 0 Å². The number of nitrogens with zero attached hydrogens (tertiary/aromatic N) is 1. The maximum atomic E-state index is 13.6. The molecule has 0 fully saturated rings. The van der Waals surface area contributed by atoms with Gasteiger partial charge in [0.15, 0.2) is 5.82 Å². The number of rotatable bonds is 2. The first-order valence-electron chi connectivity index (χ1n) is 4.38. The van der Waals surface area contributed by atoms with Crippen molar-refractivity contribution >= 4 is 17.2 Å². The number of hydrogen-bond donors (Lipinski definition) is 1. The van der Waals surface area contributed by atoms with E-state index >= 15 is 0 Å². The fraction of sp³-hybridized carbons (Fsp3) is 0.100. The van der Waals surface area contributed by atoms with Crippen molar-refractivity contribution in [1.29, 1.82) is 0 Å². The molecule has 1 heterocycles. The van der Waals surface area contributed by atoms with E-state index in [1.54, 1.807) is 6.07 Å². The van der Waals surface area contributed by atoms with Crippen LogP contribution in [-0.2, 0) is 0 Å². The van der Waals surface area contributed by atoms with Crippen molar-refractivity contribution in [2.24, 2.45) is 0 Å². The zero-order valence-corrected chi connectivity index (χ0v) is 9.15. The molecule has 0 atom stereocenters. The van der Waals surface area contributed by atoms with Crippen molar-refractivity contribution in [2.75, 3.05) is 12.8 Å². The molecule has 0 unspecified atom stereocenters. The second-order valence-corrected chi connectivity index (χ2v) is 3.86. The molecule has 0 aliphatic heterocycles. The summed E-state index contributed by atoms with van der Waals surface area (Å²) in [6.45, 7) is 0. The number of hydrogen-bond acceptors (Lipinski definition) is 4. The Bertz CT molecular complexity index is 528. The highest BCUT2D eigenvalue weighted by molar-refractivity contribution is 7.09. The number of ether oxygens (including phenoxy) is 1. The fourth-order valence-electron chi connectivity index (χ4n) is 1.24. The average Bonchev–Trinajstić information content (AvgIpc) is 2.74. The molecule has 0 saturated heterocycles. The van der Waals surface area contributed by atoms with Gasteiger partial charge in [-0.1, -0.05) is 0 Å². The molecule has 1 aromatic heterocycles. The smallest absolute Gasteiger partial charge is 0.225 e. The van der Waals surface area contributed by atoms with Gasteiger partial charge in [0.25, 0.3) is 0 Å². The van der Waals surface area contributed by atoms with Gasteiger partial charge in [-0.25, -0.2) is 8.78 Å². The normalized spacial score (nSPS) is 10.4. The Hall–Kier alpha value is -1.69. The third kappa shape index (κ3) is 1.71. The zero-order valence-electron chi connectivity index (χ0n) is 8.33. The summed E-state index contributed by atoms with van der Waals surface area (Å²) in [5, 5.41) is 0. The quantitative estimate of drug-likeness (QED) is 0.823. The van der Waals surface area contributed by atoms with Gasteiger partial charge in [0.1, 0.15) is 11.5 Å². The van der Waals surface area contributed by atoms with Crippen molar-refractivity contribution in [3.05, 3.63) is 29.8 Å². The van der Waals surface area contributed by atoms with Gasteiger partial charge in [-0.15, -0.1) is 0 Å². The van der Waals surface area contributed by atoms with Crippen LogP contribution in [0.25, 0.3) is 10.4 Å². The van der Waals surface area contributed by atoms with Gasteiger partial charge < -0.3 is 10.5 Å². The highest BCUT2D eigenvalue weighted by atomic mass is 32.1. The lowest BCUT2D eigenvalue weighted by molar-refractivity contribution is 0.403. The molecule has 2 rings (SSSR count). The van der Waals surface area contributed by atoms with Gasteiger partial charge in [0.2, 0.25) is 5.88 Å². The minimum atomic E-state index is -0.772. The van der Waals surface area contributed by atoms with E-state index in [0.29, 0.717) is 10.8 Å². The molecule has 0 aliphatic rings. The molecule has 1 aromatic carbocycles. The van der Waals surface area contributed by atoms with Crippen LogP contribution >= 0.6 is 11.5 Å². The predicted octanol–water partition coefficient (Wildman–Crippen LogP) is 2.68. The van der Waals surface area contributed by atoms with Crippen LogP contribution in [0.5, 0.6) is 5.88 Å². The highest BCUT2D eigenvalue weighted by Gasteiger charge is 2.14. The fourth-order valence-corrected chi connectivity index (χ4v) is 1.97. The highest BCUT2D eigenvalue weighted by Crippen LogP contribution is 2.32. The molecule has 2 aromatic rings. The number of nitrogens with two attached hydrogens (primary N) is 1. The molecule has 0 spiro atoms. The van der Waals surface area contributed by atoms with Crippen LogP contribution in [0.4, 0.5) is 14.5 Å². The summed E-state index contributed by atoms with van der Waals surface area (Å²) in [5.74, 6) is -1.15. The Balaban J connectivity index is 2.52. The molecular weight excluding hydrogens is 234 g/mol. The van der Waals surface area contributed by atoms with Gasteiger partial charge >= 0.3 is 0 Å². The van der Waals surface area contributed by atoms with Crippen LogP contribution in [0.1, 0.15) is 0 Å². The van der Waals surface area contributed by atoms with Crippen molar-refractivity contribution in [2.45, 2.75) is 0 Å². The van der Waals surface area contributed by atoms with E-state index in [0.717, 1.165) is 17.6 Å². The Morgan fingerprint density at radius 3 is 2.75 bits per heavy atom. The van der Waals surface area contributed by atoms with E-state index in [1.165, 1.54) is 13.2 Å². The molecule has 0 radical (unpaired) electrons. The monoisotopic (exact) mass is 242 g/mol. The largest absolute Gasteiger partial charge is 0.480 e. The van der Waals surface area contributed by atoms with Crippen LogP contribution < -0.4 is 10.5 Å². The molecule has 0 amide bonds. The SMILES string of the molecule is COc1cc(-c2ccc(F)c(N)c2F)sn1. The lowest BCUT2D eigenvalue weighted by Gasteiger charge is -2.03. The number of benzene rings is 1. The molecule has 6 heteroatoms. The number of halogens is 2. The second-order valence-electron chi connectivity index (χ2n) is 3.06. The average molecular weight is 242 g/mol. The molecular formula is C10H8F2N2OS. The van der Waals surface area contributed by atoms with Gasteiger partial charge in [-0.05, 0) is 23.7 Å². The maximum Gasteiger partial charge on any atom is 0.225 e. The van der Waals surface area contributed by atoms with Crippen LogP contribution in [0.15, 0.2) is 18.2 Å². The number of nitrogen functional groups attached to an aromatic ring is 1. The molecule has 16 heavy (non-hydrogen) atoms. The third-order valence-corrected chi connectivity index (χ3v) is 2.90. The van der Waals surface area contributed by atoms with Gasteiger partial charge in [0.05, 0.1) is 12.0 Å². The number of anilines is 1. The first-order chi connectivity index (χ1) is 7.63. The Labute approximate surface area is 94.6 Å². The van der Waals surface area contributed by atoms with E-state index in [2.05, 4.69) is 4.37 Å². The minimum absolute atomic E-state index is 0.222. The van der Waals surface area contributed by atoms with Crippen molar-refractivity contribution in [1.82, 2.24) is 4.37 Å². The standard InChI is InChI=1S/C10H8F2N2OS/c1-15-8-4-7(16-14-8)5-2-3-6(11)10(13)9(5)12/h2-4H,13H2,1H3. The summed E-state index contributed by atoms with van der Waals surface area (Å²) in [5.41, 5.74) is 5.00. The van der Waals surface area contributed by atoms with Gasteiger partial charge in [0, 0.05) is 11.6 Å². The van der Waals surface area contributed by atoms with Crippen LogP contribution in [-0.4, -0.2) is 11.5 Å². The van der Waals surface area contributed by atoms with E-state index in [9.17, 15) is 8.78 Å². The van der Waals surface area contributed by atoms with Gasteiger partial charge in [-0.3, -0.25) is 0 Å². The first kappa shape index (κ1) is 10.8. The molecule has 3 nitrogen and oxygen atoms in total. The zero-order chi connectivity index (χ0) is 11.7. The van der Waals surface area contributed by atoms with Crippen LogP contribution in [0.2, 0.25) is 0 Å². The first-order valence-corrected chi connectivity index (χ1v) is 5.15. The van der Waals surface area contributed by atoms with Crippen molar-refractivity contribution < 1.29 is 13.5 Å². The summed E-state index contributed by atoms with van der Waals surface area (Å²) < 4.78 is 35.4. The summed E-state index contributed by atoms with van der Waals surface area (Å²) in [4.78, 5) is 0.543. The molecule has 0 aliphatic carbocycles. The number of aromatic nitrogens is 1. The maximum absolute atomic E-state index is 13.6. The van der Waals surface area contributed by atoms with E-state index < -0.39 is 17.3 Å². The summed E-state index contributed by atoms with van der Waals surface area (Å²) in [6.07, 6.45) is 0. The predicted molar refractivity (Wildman–Crippen MR) is 58.4 cm³/mol. The van der Waals surface area contributed by atoms with Crippen molar-refractivity contribution in [3.8, 4) is 16.3 Å². The summed E-state index contributed by atoms with van der Waals surface area (Å²) in [6, 6.07) is 4.02. The van der Waals surface area contributed by atoms with E-state index in [4.69, 9.17) is 10.5 Å². The lowest BCUT2D eigenvalue weighted by atomic mass is 10.1. The second kappa shape index (κ2) is 4.05. The lowest BCUT2D eigenvalue weighted by Crippen LogP contribution is -1.96. The topological polar surface area (TPSA) is 48.1 Å². The molecule has 0 bridgehead atoms. The summed E-state index contributed by atoms with van der Waals surface area (Å²) in [7, 11) is 1.47. The van der Waals surface area contributed by atoms with Crippen LogP contribution in [0, 0.1) is 11.6 Å². The number of methoxy groups -OCH3 is 1. The Morgan fingerprint density at radius 1 is 1.38 bits per heavy atom. The molecule has 0 saturated carbocycles. The molecule has 84 valence electrons. The minimum Gasteiger partial charge on any atom is -0.480 e. The van der Waals surface area contributed by atoms with Gasteiger partial charge in [-0.2, -0.15) is 4.37 Å². The van der Waals surface area contributed by atoms with E-state index in [-0.39, 0.29) is 5.56 Å². The third-order valence-electron chi connectivity index (χ3n) is 2.09. The summed E-state index contributed by atoms with van der Waals surface area (Å²) >= 11 is 1.06. The molecule has 2 N–H and O–H groups in total. The van der Waals surface area contributed by atoms with E-state index in [1.807, 2.05) is 0 Å². The van der Waals surface area contributed by atoms with Crippen molar-refractivity contribution in [3.63, 3.8) is 0 Å². The Morgan fingerprint density at radius 2 is 2.12 bits per heavy atom. The Kier molecular flexibility index (Phi) is 2.74.